The zero-order chi connectivity index (χ0) is 13.9. The van der Waals surface area contributed by atoms with Crippen molar-refractivity contribution in [3.05, 3.63) is 48.9 Å². The van der Waals surface area contributed by atoms with Crippen molar-refractivity contribution in [2.24, 2.45) is 5.73 Å². The number of anilines is 2. The van der Waals surface area contributed by atoms with Crippen LogP contribution in [0, 0.1) is 0 Å². The van der Waals surface area contributed by atoms with Crippen LogP contribution in [0.5, 0.6) is 0 Å². The van der Waals surface area contributed by atoms with Crippen molar-refractivity contribution in [2.75, 3.05) is 11.4 Å². The number of fused-ring (bicyclic) bond motifs is 1. The smallest absolute Gasteiger partial charge is 0.245 e. The number of nitrogens with two attached hydrogens (primary N) is 1. The molecule has 2 aromatic heterocycles. The zero-order valence-corrected chi connectivity index (χ0v) is 11.4. The Kier molecular flexibility index (Phi) is 3.41. The summed E-state index contributed by atoms with van der Waals surface area (Å²) in [6.07, 6.45) is 5.09. The Morgan fingerprint density at radius 1 is 1.20 bits per heavy atom. The van der Waals surface area contributed by atoms with Crippen LogP contribution in [0.2, 0.25) is 0 Å². The van der Waals surface area contributed by atoms with Gasteiger partial charge in [0.2, 0.25) is 5.91 Å². The highest BCUT2D eigenvalue weighted by Crippen LogP contribution is 2.29. The summed E-state index contributed by atoms with van der Waals surface area (Å²) >= 11 is 1.43. The van der Waals surface area contributed by atoms with Gasteiger partial charge in [-0.25, -0.2) is 0 Å². The standard InChI is InChI=1S/C14H12N4OS/c15-8-14(19)18(11-3-5-16-6-4-11)12-1-2-13-10(7-12)9-17-20-13/h1-7,9H,8,15H2. The molecule has 3 aromatic rings. The number of nitrogens with zero attached hydrogens (tertiary/aromatic N) is 3. The lowest BCUT2D eigenvalue weighted by atomic mass is 10.2. The van der Waals surface area contributed by atoms with Crippen molar-refractivity contribution < 1.29 is 4.79 Å². The fourth-order valence-corrected chi connectivity index (χ4v) is 2.65. The Morgan fingerprint density at radius 3 is 2.75 bits per heavy atom. The predicted molar refractivity (Wildman–Crippen MR) is 80.1 cm³/mol. The third-order valence-corrected chi connectivity index (χ3v) is 3.72. The van der Waals surface area contributed by atoms with E-state index in [0.717, 1.165) is 21.5 Å². The third kappa shape index (κ3) is 2.26. The fourth-order valence-electron chi connectivity index (χ4n) is 2.02. The molecule has 100 valence electrons. The van der Waals surface area contributed by atoms with Gasteiger partial charge >= 0.3 is 0 Å². The lowest BCUT2D eigenvalue weighted by molar-refractivity contribution is -0.116. The Morgan fingerprint density at radius 2 is 2.00 bits per heavy atom. The maximum Gasteiger partial charge on any atom is 0.245 e. The van der Waals surface area contributed by atoms with Gasteiger partial charge in [0.25, 0.3) is 0 Å². The molecule has 0 aliphatic heterocycles. The molecule has 0 bridgehead atoms. The predicted octanol–water partition coefficient (Wildman–Crippen LogP) is 2.31. The molecule has 0 radical (unpaired) electrons. The summed E-state index contributed by atoms with van der Waals surface area (Å²) in [6.45, 7) is -0.0533. The quantitative estimate of drug-likeness (QED) is 0.801. The van der Waals surface area contributed by atoms with E-state index in [-0.39, 0.29) is 12.5 Å². The normalized spacial score (nSPS) is 10.7. The molecule has 0 unspecified atom stereocenters. The number of pyridine rings is 1. The number of hydrogen-bond donors (Lipinski definition) is 1. The minimum absolute atomic E-state index is 0.0533. The van der Waals surface area contributed by atoms with E-state index < -0.39 is 0 Å². The van der Waals surface area contributed by atoms with Crippen LogP contribution in [0.15, 0.2) is 48.9 Å². The van der Waals surface area contributed by atoms with E-state index in [2.05, 4.69) is 9.36 Å². The molecule has 1 aromatic carbocycles. The van der Waals surface area contributed by atoms with Crippen molar-refractivity contribution in [1.82, 2.24) is 9.36 Å². The summed E-state index contributed by atoms with van der Waals surface area (Å²) in [5.74, 6) is -0.168. The average molecular weight is 284 g/mol. The molecule has 2 N–H and O–H groups in total. The van der Waals surface area contributed by atoms with E-state index in [4.69, 9.17) is 5.73 Å². The van der Waals surface area contributed by atoms with Crippen molar-refractivity contribution in [3.8, 4) is 0 Å². The van der Waals surface area contributed by atoms with E-state index in [1.54, 1.807) is 35.6 Å². The first kappa shape index (κ1) is 12.7. The monoisotopic (exact) mass is 284 g/mol. The molecule has 0 aliphatic rings. The number of aromatic nitrogens is 2. The van der Waals surface area contributed by atoms with E-state index >= 15 is 0 Å². The van der Waals surface area contributed by atoms with Crippen LogP contribution in [0.25, 0.3) is 10.1 Å². The van der Waals surface area contributed by atoms with Gasteiger partial charge in [-0.05, 0) is 41.9 Å². The Labute approximate surface area is 119 Å². The number of carbonyl (C=O) groups excluding carboxylic acids is 1. The highest BCUT2D eigenvalue weighted by molar-refractivity contribution is 7.13. The van der Waals surface area contributed by atoms with Gasteiger partial charge in [-0.15, -0.1) is 0 Å². The summed E-state index contributed by atoms with van der Waals surface area (Å²) in [5.41, 5.74) is 7.05. The first-order valence-electron chi connectivity index (χ1n) is 6.07. The van der Waals surface area contributed by atoms with Crippen molar-refractivity contribution in [3.63, 3.8) is 0 Å². The molecule has 1 amide bonds. The molecule has 0 aliphatic carbocycles. The maximum absolute atomic E-state index is 12.2. The number of amides is 1. The molecule has 2 heterocycles. The minimum atomic E-state index is -0.168. The summed E-state index contributed by atoms with van der Waals surface area (Å²) in [7, 11) is 0. The zero-order valence-electron chi connectivity index (χ0n) is 10.6. The molecular weight excluding hydrogens is 272 g/mol. The molecule has 0 saturated heterocycles. The molecule has 0 fully saturated rings. The molecular formula is C14H12N4OS. The Balaban J connectivity index is 2.11. The van der Waals surface area contributed by atoms with Gasteiger partial charge in [0.15, 0.2) is 0 Å². The van der Waals surface area contributed by atoms with Gasteiger partial charge in [0.1, 0.15) is 0 Å². The summed E-state index contributed by atoms with van der Waals surface area (Å²) in [5, 5.41) is 1.01. The summed E-state index contributed by atoms with van der Waals surface area (Å²) in [4.78, 5) is 17.7. The maximum atomic E-state index is 12.2. The molecule has 6 heteroatoms. The third-order valence-electron chi connectivity index (χ3n) is 2.94. The van der Waals surface area contributed by atoms with Crippen LogP contribution in [0.1, 0.15) is 0 Å². The first-order valence-corrected chi connectivity index (χ1v) is 6.84. The van der Waals surface area contributed by atoms with Crippen molar-refractivity contribution in [2.45, 2.75) is 0 Å². The summed E-state index contributed by atoms with van der Waals surface area (Å²) in [6, 6.07) is 9.36. The van der Waals surface area contributed by atoms with Gasteiger partial charge in [0, 0.05) is 29.7 Å². The van der Waals surface area contributed by atoms with Crippen LogP contribution >= 0.6 is 11.5 Å². The van der Waals surface area contributed by atoms with Crippen LogP contribution in [0.4, 0.5) is 11.4 Å². The second-order valence-electron chi connectivity index (χ2n) is 4.19. The second-order valence-corrected chi connectivity index (χ2v) is 5.02. The average Bonchev–Trinajstić information content (AvgIpc) is 2.96. The number of rotatable bonds is 3. The van der Waals surface area contributed by atoms with Crippen molar-refractivity contribution in [1.29, 1.82) is 0 Å². The lowest BCUT2D eigenvalue weighted by Crippen LogP contribution is -2.32. The highest BCUT2D eigenvalue weighted by Gasteiger charge is 2.17. The van der Waals surface area contributed by atoms with E-state index in [0.29, 0.717) is 0 Å². The van der Waals surface area contributed by atoms with Crippen LogP contribution < -0.4 is 10.6 Å². The Bertz CT molecular complexity index is 741. The number of benzene rings is 1. The molecule has 3 rings (SSSR count). The van der Waals surface area contributed by atoms with Gasteiger partial charge in [-0.3, -0.25) is 14.7 Å². The second kappa shape index (κ2) is 5.36. The molecule has 0 saturated carbocycles. The number of hydrogen-bond acceptors (Lipinski definition) is 5. The Hall–Kier alpha value is -2.31. The largest absolute Gasteiger partial charge is 0.322 e. The molecule has 0 spiro atoms. The number of carbonyl (C=O) groups is 1. The van der Waals surface area contributed by atoms with Crippen LogP contribution in [-0.4, -0.2) is 21.8 Å². The molecule has 20 heavy (non-hydrogen) atoms. The lowest BCUT2D eigenvalue weighted by Gasteiger charge is -2.22. The van der Waals surface area contributed by atoms with Crippen molar-refractivity contribution >= 4 is 38.9 Å². The van der Waals surface area contributed by atoms with Gasteiger partial charge in [-0.1, -0.05) is 0 Å². The topological polar surface area (TPSA) is 72.1 Å². The van der Waals surface area contributed by atoms with Gasteiger partial charge < -0.3 is 5.73 Å². The summed E-state index contributed by atoms with van der Waals surface area (Å²) < 4.78 is 5.23. The van der Waals surface area contributed by atoms with Gasteiger partial charge in [0.05, 0.1) is 16.9 Å². The SMILES string of the molecule is NCC(=O)N(c1ccncc1)c1ccc2sncc2c1. The van der Waals surface area contributed by atoms with Crippen LogP contribution in [0.3, 0.4) is 0 Å². The van der Waals surface area contributed by atoms with Crippen LogP contribution in [-0.2, 0) is 4.79 Å². The van der Waals surface area contributed by atoms with E-state index in [1.165, 1.54) is 11.5 Å². The van der Waals surface area contributed by atoms with E-state index in [1.807, 2.05) is 18.2 Å². The molecule has 0 atom stereocenters. The first-order chi connectivity index (χ1) is 9.79. The minimum Gasteiger partial charge on any atom is -0.322 e. The fraction of sp³-hybridized carbons (Fsp3) is 0.0714. The van der Waals surface area contributed by atoms with E-state index in [9.17, 15) is 4.79 Å². The van der Waals surface area contributed by atoms with Gasteiger partial charge in [-0.2, -0.15) is 4.37 Å². The molecule has 5 nitrogen and oxygen atoms in total. The highest BCUT2D eigenvalue weighted by atomic mass is 32.1.